The summed E-state index contributed by atoms with van der Waals surface area (Å²) in [6.45, 7) is 6.00. The second-order valence-corrected chi connectivity index (χ2v) is 9.90. The molecule has 0 bridgehead atoms. The molecule has 3 aromatic carbocycles. The van der Waals surface area contributed by atoms with Gasteiger partial charge < -0.3 is 25.5 Å². The van der Waals surface area contributed by atoms with Crippen LogP contribution >= 0.6 is 0 Å². The lowest BCUT2D eigenvalue weighted by Crippen LogP contribution is -2.37. The third-order valence-electron chi connectivity index (χ3n) is 7.06. The second kappa shape index (κ2) is 12.3. The number of carbonyl (C=O) groups is 1. The summed E-state index contributed by atoms with van der Waals surface area (Å²) < 4.78 is 21.6. The van der Waals surface area contributed by atoms with Gasteiger partial charge in [-0.05, 0) is 72.4 Å². The monoisotopic (exact) mass is 560 g/mol. The SMILES string of the molecule is COc1cc(-c2cccc(-c3cccc(NC(=O)c4c[nH]c(=O)n(C)c4=O)c3C)c2C)cc(F)c1CNCC(C)O. The predicted molar refractivity (Wildman–Crippen MR) is 157 cm³/mol. The Kier molecular flexibility index (Phi) is 8.85. The molecule has 1 unspecified atom stereocenters. The zero-order valence-electron chi connectivity index (χ0n) is 23.6. The van der Waals surface area contributed by atoms with Gasteiger partial charge in [0.2, 0.25) is 0 Å². The molecule has 0 fully saturated rings. The predicted octanol–water partition coefficient (Wildman–Crippen LogP) is 3.89. The van der Waals surface area contributed by atoms with Crippen LogP contribution in [0.5, 0.6) is 5.75 Å². The molecule has 0 aliphatic carbocycles. The van der Waals surface area contributed by atoms with Gasteiger partial charge >= 0.3 is 5.69 Å². The van der Waals surface area contributed by atoms with E-state index in [4.69, 9.17) is 4.74 Å². The zero-order chi connectivity index (χ0) is 29.8. The van der Waals surface area contributed by atoms with Crippen molar-refractivity contribution < 1.29 is 19.0 Å². The number of H-pyrrole nitrogens is 1. The van der Waals surface area contributed by atoms with E-state index >= 15 is 4.39 Å². The normalized spacial score (nSPS) is 11.8. The number of aromatic amines is 1. The summed E-state index contributed by atoms with van der Waals surface area (Å²) in [4.78, 5) is 39.4. The fourth-order valence-electron chi connectivity index (χ4n) is 4.75. The van der Waals surface area contributed by atoms with Crippen molar-refractivity contribution in [1.82, 2.24) is 14.9 Å². The van der Waals surface area contributed by atoms with E-state index in [-0.39, 0.29) is 12.1 Å². The zero-order valence-corrected chi connectivity index (χ0v) is 23.6. The molecule has 1 atom stereocenters. The first-order valence-corrected chi connectivity index (χ1v) is 13.1. The van der Waals surface area contributed by atoms with Crippen LogP contribution in [0.15, 0.2) is 64.3 Å². The van der Waals surface area contributed by atoms with E-state index < -0.39 is 29.1 Å². The lowest BCUT2D eigenvalue weighted by Gasteiger charge is -2.18. The molecule has 1 amide bonds. The third kappa shape index (κ3) is 6.13. The van der Waals surface area contributed by atoms with Crippen LogP contribution < -0.4 is 26.6 Å². The number of ether oxygens (including phenoxy) is 1. The van der Waals surface area contributed by atoms with Crippen LogP contribution in [0.25, 0.3) is 22.3 Å². The van der Waals surface area contributed by atoms with E-state index in [1.165, 1.54) is 20.2 Å². The summed E-state index contributed by atoms with van der Waals surface area (Å²) in [7, 11) is 2.79. The molecule has 41 heavy (non-hydrogen) atoms. The molecule has 9 nitrogen and oxygen atoms in total. The number of nitrogens with one attached hydrogen (secondary N) is 3. The topological polar surface area (TPSA) is 125 Å². The fraction of sp³-hybridized carbons (Fsp3) is 0.258. The molecule has 10 heteroatoms. The van der Waals surface area contributed by atoms with E-state index in [1.807, 2.05) is 38.1 Å². The number of aliphatic hydroxyl groups is 1. The lowest BCUT2D eigenvalue weighted by molar-refractivity contribution is 0.102. The number of hydrogen-bond acceptors (Lipinski definition) is 6. The highest BCUT2D eigenvalue weighted by atomic mass is 19.1. The number of aliphatic hydroxyl groups excluding tert-OH is 1. The molecule has 0 saturated heterocycles. The summed E-state index contributed by atoms with van der Waals surface area (Å²) in [5, 5.41) is 15.3. The molecule has 0 saturated carbocycles. The molecule has 4 N–H and O–H groups in total. The summed E-state index contributed by atoms with van der Waals surface area (Å²) >= 11 is 0. The first-order valence-electron chi connectivity index (χ1n) is 13.1. The number of amides is 1. The summed E-state index contributed by atoms with van der Waals surface area (Å²) in [5.74, 6) is -0.660. The summed E-state index contributed by atoms with van der Waals surface area (Å²) in [6, 6.07) is 14.5. The number of hydrogen-bond donors (Lipinski definition) is 4. The standard InChI is InChI=1S/C31H33FN4O5/c1-17(37)14-33-15-24-26(32)12-20(13-28(24)41-5)21-8-6-9-22(18(21)2)23-10-7-11-27(19(23)3)35-29(38)25-16-34-31(40)36(4)30(25)39/h6-13,16-17,33,37H,14-15H2,1-5H3,(H,34,40)(H,35,38). The number of nitrogens with zero attached hydrogens (tertiary/aromatic N) is 1. The van der Waals surface area contributed by atoms with Gasteiger partial charge in [-0.15, -0.1) is 0 Å². The molecule has 4 rings (SSSR count). The molecule has 0 aliphatic rings. The van der Waals surface area contributed by atoms with Crippen LogP contribution in [-0.4, -0.2) is 40.3 Å². The molecule has 0 aliphatic heterocycles. The minimum atomic E-state index is -0.698. The van der Waals surface area contributed by atoms with Crippen molar-refractivity contribution in [3.8, 4) is 28.0 Å². The van der Waals surface area contributed by atoms with Crippen LogP contribution in [0, 0.1) is 19.7 Å². The first kappa shape index (κ1) is 29.4. The maximum Gasteiger partial charge on any atom is 0.328 e. The summed E-state index contributed by atoms with van der Waals surface area (Å²) in [5.41, 5.74) is 4.26. The maximum atomic E-state index is 15.3. The van der Waals surface area contributed by atoms with Gasteiger partial charge in [-0.25, -0.2) is 9.18 Å². The van der Waals surface area contributed by atoms with Gasteiger partial charge in [-0.1, -0.05) is 30.3 Å². The number of rotatable bonds is 9. The number of methoxy groups -OCH3 is 1. The minimum Gasteiger partial charge on any atom is -0.496 e. The minimum absolute atomic E-state index is 0.185. The highest BCUT2D eigenvalue weighted by Crippen LogP contribution is 2.37. The highest BCUT2D eigenvalue weighted by molar-refractivity contribution is 6.04. The number of aromatic nitrogens is 2. The third-order valence-corrected chi connectivity index (χ3v) is 7.06. The fourth-order valence-corrected chi connectivity index (χ4v) is 4.75. The van der Waals surface area contributed by atoms with Crippen LogP contribution in [0.2, 0.25) is 0 Å². The Morgan fingerprint density at radius 3 is 2.41 bits per heavy atom. The van der Waals surface area contributed by atoms with E-state index in [0.29, 0.717) is 29.1 Å². The van der Waals surface area contributed by atoms with Gasteiger partial charge in [0.1, 0.15) is 17.1 Å². The molecule has 4 aromatic rings. The Hall–Kier alpha value is -4.54. The number of halogens is 1. The van der Waals surface area contributed by atoms with Gasteiger partial charge in [-0.2, -0.15) is 0 Å². The smallest absolute Gasteiger partial charge is 0.328 e. The maximum absolute atomic E-state index is 15.3. The molecule has 0 radical (unpaired) electrons. The van der Waals surface area contributed by atoms with Gasteiger partial charge in [-0.3, -0.25) is 14.2 Å². The average molecular weight is 561 g/mol. The number of carbonyl (C=O) groups excluding carboxylic acids is 1. The number of anilines is 1. The Morgan fingerprint density at radius 2 is 1.73 bits per heavy atom. The molecule has 0 spiro atoms. The van der Waals surface area contributed by atoms with Crippen molar-refractivity contribution in [3.05, 3.63) is 104 Å². The Labute approximate surface area is 236 Å². The Balaban J connectivity index is 1.69. The van der Waals surface area contributed by atoms with Crippen molar-refractivity contribution in [2.75, 3.05) is 19.0 Å². The van der Waals surface area contributed by atoms with Crippen molar-refractivity contribution >= 4 is 11.6 Å². The largest absolute Gasteiger partial charge is 0.496 e. The van der Waals surface area contributed by atoms with Crippen molar-refractivity contribution in [1.29, 1.82) is 0 Å². The van der Waals surface area contributed by atoms with Crippen molar-refractivity contribution in [3.63, 3.8) is 0 Å². The Morgan fingerprint density at radius 1 is 1.07 bits per heavy atom. The van der Waals surface area contributed by atoms with Crippen molar-refractivity contribution in [2.45, 2.75) is 33.4 Å². The van der Waals surface area contributed by atoms with Crippen molar-refractivity contribution in [2.24, 2.45) is 7.05 Å². The Bertz CT molecular complexity index is 1730. The first-order chi connectivity index (χ1) is 19.5. The van der Waals surface area contributed by atoms with E-state index in [2.05, 4.69) is 15.6 Å². The van der Waals surface area contributed by atoms with Crippen LogP contribution in [0.3, 0.4) is 0 Å². The molecule has 214 valence electrons. The molecule has 1 aromatic heterocycles. The molecular weight excluding hydrogens is 527 g/mol. The molecule has 1 heterocycles. The van der Waals surface area contributed by atoms with E-state index in [0.717, 1.165) is 38.6 Å². The van der Waals surface area contributed by atoms with E-state index in [9.17, 15) is 19.5 Å². The van der Waals surface area contributed by atoms with Gasteiger partial charge in [0.25, 0.3) is 11.5 Å². The van der Waals surface area contributed by atoms with E-state index in [1.54, 1.807) is 25.1 Å². The molecular formula is C31H33FN4O5. The quantitative estimate of drug-likeness (QED) is 0.246. The lowest BCUT2D eigenvalue weighted by atomic mass is 9.90. The van der Waals surface area contributed by atoms with Crippen LogP contribution in [-0.2, 0) is 13.6 Å². The van der Waals surface area contributed by atoms with Crippen LogP contribution in [0.1, 0.15) is 34.0 Å². The number of benzene rings is 3. The average Bonchev–Trinajstić information content (AvgIpc) is 2.93. The van der Waals surface area contributed by atoms with Gasteiger partial charge in [0.15, 0.2) is 0 Å². The highest BCUT2D eigenvalue weighted by Gasteiger charge is 2.18. The van der Waals surface area contributed by atoms with Crippen LogP contribution in [0.4, 0.5) is 10.1 Å². The van der Waals surface area contributed by atoms with Gasteiger partial charge in [0, 0.05) is 37.6 Å². The summed E-state index contributed by atoms with van der Waals surface area (Å²) in [6.07, 6.45) is 0.551. The second-order valence-electron chi connectivity index (χ2n) is 9.90. The van der Waals surface area contributed by atoms with Gasteiger partial charge in [0.05, 0.1) is 13.2 Å².